The van der Waals surface area contributed by atoms with Crippen molar-refractivity contribution in [1.82, 2.24) is 14.9 Å². The number of morpholine rings is 1. The molecule has 1 N–H and O–H groups in total. The molecule has 5 nitrogen and oxygen atoms in total. The van der Waals surface area contributed by atoms with E-state index < -0.39 is 0 Å². The van der Waals surface area contributed by atoms with Gasteiger partial charge in [-0.3, -0.25) is 4.90 Å². The highest BCUT2D eigenvalue weighted by molar-refractivity contribution is 14.1. The van der Waals surface area contributed by atoms with Crippen LogP contribution in [-0.2, 0) is 4.74 Å². The minimum absolute atomic E-state index is 0.0391. The summed E-state index contributed by atoms with van der Waals surface area (Å²) >= 11 is 2.32. The van der Waals surface area contributed by atoms with Crippen molar-refractivity contribution in [2.45, 2.75) is 45.8 Å². The number of aromatic nitrogens is 2. The van der Waals surface area contributed by atoms with Gasteiger partial charge in [0.05, 0.1) is 15.9 Å². The second kappa shape index (κ2) is 7.19. The van der Waals surface area contributed by atoms with Crippen LogP contribution in [0.3, 0.4) is 0 Å². The molecule has 2 rings (SSSR count). The van der Waals surface area contributed by atoms with Crippen LogP contribution in [0, 0.1) is 3.57 Å². The molecule has 1 aromatic heterocycles. The number of rotatable bonds is 4. The van der Waals surface area contributed by atoms with Gasteiger partial charge < -0.3 is 10.1 Å². The lowest BCUT2D eigenvalue weighted by Gasteiger charge is -2.35. The molecule has 0 saturated carbocycles. The topological polar surface area (TPSA) is 50.3 Å². The summed E-state index contributed by atoms with van der Waals surface area (Å²) in [6.07, 6.45) is -0.0391. The van der Waals surface area contributed by atoms with Gasteiger partial charge in [0.15, 0.2) is 5.82 Å². The zero-order valence-electron chi connectivity index (χ0n) is 13.5. The Morgan fingerprint density at radius 3 is 2.57 bits per heavy atom. The summed E-state index contributed by atoms with van der Waals surface area (Å²) < 4.78 is 7.02. The SMILES string of the molecule is CNc1nc(C2CN(C(C)C)CCO2)nc(C(C)C)c1I. The number of hydrogen-bond donors (Lipinski definition) is 1. The quantitative estimate of drug-likeness (QED) is 0.782. The van der Waals surface area contributed by atoms with Gasteiger partial charge in [-0.2, -0.15) is 0 Å². The Hall–Kier alpha value is -0.470. The van der Waals surface area contributed by atoms with Crippen molar-refractivity contribution >= 4 is 28.4 Å². The molecule has 1 aliphatic rings. The summed E-state index contributed by atoms with van der Waals surface area (Å²) in [5, 5.41) is 3.18. The first-order valence-corrected chi connectivity index (χ1v) is 8.62. The third-order valence-electron chi connectivity index (χ3n) is 3.79. The van der Waals surface area contributed by atoms with Crippen LogP contribution in [-0.4, -0.2) is 47.7 Å². The van der Waals surface area contributed by atoms with Gasteiger partial charge in [-0.15, -0.1) is 0 Å². The van der Waals surface area contributed by atoms with Crippen LogP contribution in [0.15, 0.2) is 0 Å². The highest BCUT2D eigenvalue weighted by atomic mass is 127. The first-order valence-electron chi connectivity index (χ1n) is 7.54. The van der Waals surface area contributed by atoms with Gasteiger partial charge in [-0.1, -0.05) is 13.8 Å². The molecule has 1 aromatic rings. The molecule has 2 heterocycles. The van der Waals surface area contributed by atoms with E-state index in [4.69, 9.17) is 9.72 Å². The normalized spacial score (nSPS) is 20.3. The minimum Gasteiger partial charge on any atom is -0.372 e. The Balaban J connectivity index is 2.32. The molecule has 1 saturated heterocycles. The molecule has 0 spiro atoms. The molecule has 0 aromatic carbocycles. The maximum atomic E-state index is 5.92. The van der Waals surface area contributed by atoms with Gasteiger partial charge >= 0.3 is 0 Å². The maximum absolute atomic E-state index is 5.92. The molecule has 1 unspecified atom stereocenters. The van der Waals surface area contributed by atoms with E-state index in [1.54, 1.807) is 0 Å². The molecule has 6 heteroatoms. The monoisotopic (exact) mass is 404 g/mol. The predicted molar refractivity (Wildman–Crippen MR) is 93.8 cm³/mol. The molecule has 1 aliphatic heterocycles. The van der Waals surface area contributed by atoms with Gasteiger partial charge in [0.2, 0.25) is 0 Å². The zero-order chi connectivity index (χ0) is 15.6. The average Bonchev–Trinajstić information content (AvgIpc) is 2.47. The lowest BCUT2D eigenvalue weighted by molar-refractivity contribution is -0.0443. The van der Waals surface area contributed by atoms with Crippen LogP contribution in [0.5, 0.6) is 0 Å². The number of ether oxygens (including phenoxy) is 1. The Kier molecular flexibility index (Phi) is 5.79. The minimum atomic E-state index is -0.0391. The van der Waals surface area contributed by atoms with Gasteiger partial charge in [0.25, 0.3) is 0 Å². The summed E-state index contributed by atoms with van der Waals surface area (Å²) in [5.41, 5.74) is 1.09. The Morgan fingerprint density at radius 2 is 2.00 bits per heavy atom. The summed E-state index contributed by atoms with van der Waals surface area (Å²) in [6.45, 7) is 11.3. The highest BCUT2D eigenvalue weighted by Crippen LogP contribution is 2.28. The highest BCUT2D eigenvalue weighted by Gasteiger charge is 2.27. The van der Waals surface area contributed by atoms with E-state index in [0.29, 0.717) is 12.0 Å². The van der Waals surface area contributed by atoms with Gasteiger partial charge in [0.1, 0.15) is 11.9 Å². The van der Waals surface area contributed by atoms with Crippen molar-refractivity contribution in [2.75, 3.05) is 32.1 Å². The molecule has 21 heavy (non-hydrogen) atoms. The van der Waals surface area contributed by atoms with Crippen molar-refractivity contribution in [3.8, 4) is 0 Å². The van der Waals surface area contributed by atoms with Crippen molar-refractivity contribution in [2.24, 2.45) is 0 Å². The van der Waals surface area contributed by atoms with Crippen molar-refractivity contribution in [3.63, 3.8) is 0 Å². The van der Waals surface area contributed by atoms with E-state index in [1.165, 1.54) is 0 Å². The molecule has 0 amide bonds. The van der Waals surface area contributed by atoms with E-state index in [1.807, 2.05) is 7.05 Å². The maximum Gasteiger partial charge on any atom is 0.161 e. The Labute approximate surface area is 141 Å². The first-order chi connectivity index (χ1) is 9.93. The van der Waals surface area contributed by atoms with Crippen LogP contribution in [0.1, 0.15) is 51.2 Å². The summed E-state index contributed by atoms with van der Waals surface area (Å²) in [5.74, 6) is 2.07. The standard InChI is InChI=1S/C15H25IN4O/c1-9(2)13-12(16)15(17-5)19-14(18-13)11-8-20(10(3)4)6-7-21-11/h9-11H,6-8H2,1-5H3,(H,17,18,19). The van der Waals surface area contributed by atoms with Gasteiger partial charge in [-0.05, 0) is 42.4 Å². The average molecular weight is 404 g/mol. The predicted octanol–water partition coefficient (Wildman–Crippen LogP) is 3.03. The zero-order valence-corrected chi connectivity index (χ0v) is 15.6. The second-order valence-corrected chi connectivity index (χ2v) is 7.06. The van der Waals surface area contributed by atoms with E-state index >= 15 is 0 Å². The third kappa shape index (κ3) is 3.84. The molecule has 118 valence electrons. The van der Waals surface area contributed by atoms with Crippen LogP contribution >= 0.6 is 22.6 Å². The molecule has 0 radical (unpaired) electrons. The van der Waals surface area contributed by atoms with E-state index in [-0.39, 0.29) is 6.10 Å². The molecule has 0 bridgehead atoms. The molecular formula is C15H25IN4O. The fourth-order valence-corrected chi connectivity index (χ4v) is 3.60. The summed E-state index contributed by atoms with van der Waals surface area (Å²) in [6, 6.07) is 0.522. The number of nitrogens with one attached hydrogen (secondary N) is 1. The van der Waals surface area contributed by atoms with Crippen LogP contribution in [0.2, 0.25) is 0 Å². The van der Waals surface area contributed by atoms with Crippen molar-refractivity contribution in [3.05, 3.63) is 15.1 Å². The van der Waals surface area contributed by atoms with Gasteiger partial charge in [-0.25, -0.2) is 9.97 Å². The largest absolute Gasteiger partial charge is 0.372 e. The van der Waals surface area contributed by atoms with E-state index in [9.17, 15) is 0 Å². The molecular weight excluding hydrogens is 379 g/mol. The van der Waals surface area contributed by atoms with Crippen LogP contribution in [0.4, 0.5) is 5.82 Å². The van der Waals surface area contributed by atoms with Crippen LogP contribution < -0.4 is 5.32 Å². The smallest absolute Gasteiger partial charge is 0.161 e. The number of nitrogens with zero attached hydrogens (tertiary/aromatic N) is 3. The number of anilines is 1. The first kappa shape index (κ1) is 16.9. The molecule has 1 fully saturated rings. The Morgan fingerprint density at radius 1 is 1.29 bits per heavy atom. The third-order valence-corrected chi connectivity index (χ3v) is 4.86. The lowest BCUT2D eigenvalue weighted by atomic mass is 10.1. The number of halogens is 1. The fraction of sp³-hybridized carbons (Fsp3) is 0.733. The van der Waals surface area contributed by atoms with Crippen molar-refractivity contribution < 1.29 is 4.74 Å². The van der Waals surface area contributed by atoms with Crippen LogP contribution in [0.25, 0.3) is 0 Å². The Bertz CT molecular complexity index is 493. The van der Waals surface area contributed by atoms with E-state index in [2.05, 4.69) is 65.5 Å². The van der Waals surface area contributed by atoms with E-state index in [0.717, 1.165) is 40.6 Å². The second-order valence-electron chi connectivity index (χ2n) is 5.98. The number of hydrogen-bond acceptors (Lipinski definition) is 5. The molecule has 1 atom stereocenters. The van der Waals surface area contributed by atoms with Crippen molar-refractivity contribution in [1.29, 1.82) is 0 Å². The fourth-order valence-electron chi connectivity index (χ4n) is 2.47. The summed E-state index contributed by atoms with van der Waals surface area (Å²) in [4.78, 5) is 11.9. The lowest BCUT2D eigenvalue weighted by Crippen LogP contribution is -2.42. The summed E-state index contributed by atoms with van der Waals surface area (Å²) in [7, 11) is 1.90. The molecule has 0 aliphatic carbocycles. The van der Waals surface area contributed by atoms with Gasteiger partial charge in [0, 0.05) is 26.2 Å².